The Morgan fingerprint density at radius 2 is 1.79 bits per heavy atom. The Balaban J connectivity index is 2.54. The van der Waals surface area contributed by atoms with Gasteiger partial charge in [-0.15, -0.1) is 0 Å². The normalized spacial score (nSPS) is 21.3. The van der Waals surface area contributed by atoms with Crippen LogP contribution in [0.15, 0.2) is 0 Å². The molecule has 3 nitrogen and oxygen atoms in total. The SMILES string of the molecule is CCOCC(C)OC1(CNC(C)(C)C)CCCCC1. The van der Waals surface area contributed by atoms with Crippen LogP contribution in [-0.2, 0) is 9.47 Å². The molecule has 114 valence electrons. The van der Waals surface area contributed by atoms with Gasteiger partial charge in [0.2, 0.25) is 0 Å². The van der Waals surface area contributed by atoms with E-state index >= 15 is 0 Å². The standard InChI is InChI=1S/C16H33NO2/c1-6-18-12-14(2)19-16(10-8-7-9-11-16)13-17-15(3,4)5/h14,17H,6-13H2,1-5H3. The number of hydrogen-bond donors (Lipinski definition) is 1. The molecular weight excluding hydrogens is 238 g/mol. The van der Waals surface area contributed by atoms with Crippen molar-refractivity contribution in [3.8, 4) is 0 Å². The highest BCUT2D eigenvalue weighted by Crippen LogP contribution is 2.32. The van der Waals surface area contributed by atoms with Crippen molar-refractivity contribution in [2.75, 3.05) is 19.8 Å². The summed E-state index contributed by atoms with van der Waals surface area (Å²) in [5.41, 5.74) is 0.166. The van der Waals surface area contributed by atoms with E-state index in [1.165, 1.54) is 32.1 Å². The van der Waals surface area contributed by atoms with Crippen LogP contribution < -0.4 is 5.32 Å². The van der Waals surface area contributed by atoms with Crippen LogP contribution in [0.3, 0.4) is 0 Å². The summed E-state index contributed by atoms with van der Waals surface area (Å²) in [6.45, 7) is 13.2. The van der Waals surface area contributed by atoms with Gasteiger partial charge in [-0.2, -0.15) is 0 Å². The summed E-state index contributed by atoms with van der Waals surface area (Å²) in [5.74, 6) is 0. The zero-order chi connectivity index (χ0) is 14.4. The summed E-state index contributed by atoms with van der Waals surface area (Å²) in [7, 11) is 0. The van der Waals surface area contributed by atoms with E-state index in [0.29, 0.717) is 6.61 Å². The van der Waals surface area contributed by atoms with Crippen molar-refractivity contribution in [2.24, 2.45) is 0 Å². The third-order valence-electron chi connectivity index (χ3n) is 3.71. The Kier molecular flexibility index (Phi) is 6.78. The van der Waals surface area contributed by atoms with Gasteiger partial charge in [-0.1, -0.05) is 19.3 Å². The molecule has 0 heterocycles. The fourth-order valence-electron chi connectivity index (χ4n) is 2.70. The molecule has 1 fully saturated rings. The van der Waals surface area contributed by atoms with Crippen LogP contribution in [0.4, 0.5) is 0 Å². The molecule has 1 saturated carbocycles. The molecule has 1 aliphatic rings. The van der Waals surface area contributed by atoms with Crippen LogP contribution in [0.25, 0.3) is 0 Å². The molecule has 0 aromatic heterocycles. The van der Waals surface area contributed by atoms with E-state index in [-0.39, 0.29) is 17.2 Å². The molecule has 0 amide bonds. The fourth-order valence-corrected chi connectivity index (χ4v) is 2.70. The van der Waals surface area contributed by atoms with Gasteiger partial charge < -0.3 is 14.8 Å². The van der Waals surface area contributed by atoms with Gasteiger partial charge in [0.25, 0.3) is 0 Å². The fraction of sp³-hybridized carbons (Fsp3) is 1.00. The Labute approximate surface area is 119 Å². The zero-order valence-corrected chi connectivity index (χ0v) is 13.6. The molecule has 1 rings (SSSR count). The molecule has 1 unspecified atom stereocenters. The second kappa shape index (κ2) is 7.61. The summed E-state index contributed by atoms with van der Waals surface area (Å²) in [4.78, 5) is 0. The molecule has 0 spiro atoms. The van der Waals surface area contributed by atoms with Crippen molar-refractivity contribution >= 4 is 0 Å². The maximum Gasteiger partial charge on any atom is 0.0811 e. The molecule has 1 aliphatic carbocycles. The molecule has 0 aromatic carbocycles. The third-order valence-corrected chi connectivity index (χ3v) is 3.71. The van der Waals surface area contributed by atoms with E-state index in [4.69, 9.17) is 9.47 Å². The van der Waals surface area contributed by atoms with Crippen LogP contribution >= 0.6 is 0 Å². The third kappa shape index (κ3) is 6.73. The molecule has 19 heavy (non-hydrogen) atoms. The van der Waals surface area contributed by atoms with E-state index in [1.807, 2.05) is 6.92 Å². The first-order valence-corrected chi connectivity index (χ1v) is 7.87. The van der Waals surface area contributed by atoms with E-state index in [0.717, 1.165) is 13.2 Å². The highest BCUT2D eigenvalue weighted by atomic mass is 16.5. The summed E-state index contributed by atoms with van der Waals surface area (Å²) < 4.78 is 11.9. The Bertz CT molecular complexity index is 242. The van der Waals surface area contributed by atoms with Gasteiger partial charge in [-0.25, -0.2) is 0 Å². The zero-order valence-electron chi connectivity index (χ0n) is 13.6. The van der Waals surface area contributed by atoms with E-state index in [9.17, 15) is 0 Å². The van der Waals surface area contributed by atoms with Crippen LogP contribution in [-0.4, -0.2) is 37.0 Å². The van der Waals surface area contributed by atoms with Crippen molar-refractivity contribution in [3.05, 3.63) is 0 Å². The summed E-state index contributed by atoms with van der Waals surface area (Å²) in [6.07, 6.45) is 6.44. The number of rotatable bonds is 7. The molecule has 1 N–H and O–H groups in total. The minimum Gasteiger partial charge on any atom is -0.379 e. The number of hydrogen-bond acceptors (Lipinski definition) is 3. The summed E-state index contributed by atoms with van der Waals surface area (Å²) in [5, 5.41) is 3.63. The average molecular weight is 271 g/mol. The molecule has 0 saturated heterocycles. The van der Waals surface area contributed by atoms with Gasteiger partial charge in [0.15, 0.2) is 0 Å². The first-order valence-electron chi connectivity index (χ1n) is 7.87. The predicted molar refractivity (Wildman–Crippen MR) is 80.6 cm³/mol. The largest absolute Gasteiger partial charge is 0.379 e. The van der Waals surface area contributed by atoms with Crippen molar-refractivity contribution in [1.29, 1.82) is 0 Å². The first-order chi connectivity index (χ1) is 8.87. The lowest BCUT2D eigenvalue weighted by molar-refractivity contribution is -0.127. The lowest BCUT2D eigenvalue weighted by Gasteiger charge is -2.41. The number of ether oxygens (including phenoxy) is 2. The second-order valence-corrected chi connectivity index (χ2v) is 6.94. The van der Waals surface area contributed by atoms with Crippen LogP contribution in [0.2, 0.25) is 0 Å². The van der Waals surface area contributed by atoms with Crippen molar-refractivity contribution < 1.29 is 9.47 Å². The Morgan fingerprint density at radius 3 is 2.32 bits per heavy atom. The van der Waals surface area contributed by atoms with Crippen molar-refractivity contribution in [1.82, 2.24) is 5.32 Å². The first kappa shape index (κ1) is 16.9. The Hall–Kier alpha value is -0.120. The van der Waals surface area contributed by atoms with Crippen molar-refractivity contribution in [3.63, 3.8) is 0 Å². The molecule has 0 aliphatic heterocycles. The van der Waals surface area contributed by atoms with Crippen LogP contribution in [0.5, 0.6) is 0 Å². The minimum absolute atomic E-state index is 0.0159. The Morgan fingerprint density at radius 1 is 1.16 bits per heavy atom. The summed E-state index contributed by atoms with van der Waals surface area (Å²) >= 11 is 0. The topological polar surface area (TPSA) is 30.5 Å². The number of nitrogens with one attached hydrogen (secondary N) is 1. The van der Waals surface area contributed by atoms with Gasteiger partial charge in [0.05, 0.1) is 18.3 Å². The maximum atomic E-state index is 6.39. The van der Waals surface area contributed by atoms with Crippen molar-refractivity contribution in [2.45, 2.75) is 84.0 Å². The van der Waals surface area contributed by atoms with Crippen LogP contribution in [0.1, 0.15) is 66.7 Å². The quantitative estimate of drug-likeness (QED) is 0.768. The lowest BCUT2D eigenvalue weighted by Crippen LogP contribution is -2.51. The van der Waals surface area contributed by atoms with E-state index in [2.05, 4.69) is 33.0 Å². The van der Waals surface area contributed by atoms with Crippen LogP contribution in [0, 0.1) is 0 Å². The average Bonchev–Trinajstić information content (AvgIpc) is 2.34. The van der Waals surface area contributed by atoms with E-state index < -0.39 is 0 Å². The van der Waals surface area contributed by atoms with Gasteiger partial charge in [0.1, 0.15) is 0 Å². The molecule has 0 aromatic rings. The molecule has 0 bridgehead atoms. The van der Waals surface area contributed by atoms with Gasteiger partial charge >= 0.3 is 0 Å². The maximum absolute atomic E-state index is 6.39. The monoisotopic (exact) mass is 271 g/mol. The molecule has 1 atom stereocenters. The van der Waals surface area contributed by atoms with Gasteiger partial charge in [-0.3, -0.25) is 0 Å². The minimum atomic E-state index is 0.0159. The smallest absolute Gasteiger partial charge is 0.0811 e. The molecule has 3 heteroatoms. The highest BCUT2D eigenvalue weighted by Gasteiger charge is 2.35. The summed E-state index contributed by atoms with van der Waals surface area (Å²) in [6, 6.07) is 0. The molecule has 0 radical (unpaired) electrons. The van der Waals surface area contributed by atoms with Gasteiger partial charge in [-0.05, 0) is 47.5 Å². The lowest BCUT2D eigenvalue weighted by atomic mass is 9.83. The highest BCUT2D eigenvalue weighted by molar-refractivity contribution is 4.89. The van der Waals surface area contributed by atoms with E-state index in [1.54, 1.807) is 0 Å². The second-order valence-electron chi connectivity index (χ2n) is 6.94. The molecular formula is C16H33NO2. The van der Waals surface area contributed by atoms with Gasteiger partial charge in [0, 0.05) is 18.7 Å². The predicted octanol–water partition coefficient (Wildman–Crippen LogP) is 3.52.